The van der Waals surface area contributed by atoms with Gasteiger partial charge in [-0.05, 0) is 18.1 Å². The highest BCUT2D eigenvalue weighted by atomic mass is 14.7. The van der Waals surface area contributed by atoms with Crippen molar-refractivity contribution in [3.8, 4) is 0 Å². The zero-order valence-corrected chi connectivity index (χ0v) is 8.49. The second-order valence-electron chi connectivity index (χ2n) is 3.83. The van der Waals surface area contributed by atoms with Gasteiger partial charge < -0.3 is 5.73 Å². The molecule has 72 valence electrons. The van der Waals surface area contributed by atoms with Crippen molar-refractivity contribution in [2.75, 3.05) is 5.73 Å². The Kier molecular flexibility index (Phi) is 2.12. The summed E-state index contributed by atoms with van der Waals surface area (Å²) in [4.78, 5) is 4.39. The minimum atomic E-state index is 0.444. The second kappa shape index (κ2) is 3.29. The van der Waals surface area contributed by atoms with Crippen molar-refractivity contribution in [1.29, 1.82) is 0 Å². The van der Waals surface area contributed by atoms with Crippen LogP contribution in [0, 0.1) is 0 Å². The molecule has 2 heteroatoms. The molecule has 0 bridgehead atoms. The lowest BCUT2D eigenvalue weighted by Crippen LogP contribution is -1.94. The second-order valence-corrected chi connectivity index (χ2v) is 3.83. The summed E-state index contributed by atoms with van der Waals surface area (Å²) >= 11 is 0. The van der Waals surface area contributed by atoms with E-state index in [0.717, 1.165) is 22.2 Å². The van der Waals surface area contributed by atoms with Crippen LogP contribution in [0.5, 0.6) is 0 Å². The zero-order valence-electron chi connectivity index (χ0n) is 8.49. The summed E-state index contributed by atoms with van der Waals surface area (Å²) in [6, 6.07) is 7.99. The van der Waals surface area contributed by atoms with Crippen LogP contribution < -0.4 is 5.73 Å². The minimum absolute atomic E-state index is 0.444. The van der Waals surface area contributed by atoms with Gasteiger partial charge in [-0.1, -0.05) is 26.0 Å². The third kappa shape index (κ3) is 1.43. The number of anilines is 1. The van der Waals surface area contributed by atoms with E-state index in [1.807, 2.05) is 24.4 Å². The number of benzene rings is 1. The van der Waals surface area contributed by atoms with Gasteiger partial charge in [0.2, 0.25) is 0 Å². The molecule has 0 radical (unpaired) electrons. The van der Waals surface area contributed by atoms with Gasteiger partial charge in [0.05, 0.1) is 0 Å². The van der Waals surface area contributed by atoms with Crippen molar-refractivity contribution >= 4 is 16.5 Å². The first-order valence-corrected chi connectivity index (χ1v) is 4.82. The molecule has 0 aliphatic heterocycles. The van der Waals surface area contributed by atoms with Crippen LogP contribution in [0.15, 0.2) is 30.5 Å². The zero-order chi connectivity index (χ0) is 10.1. The van der Waals surface area contributed by atoms with Crippen LogP contribution >= 0.6 is 0 Å². The SMILES string of the molecule is CC(C)c1cc2c(N)cccc2cn1. The van der Waals surface area contributed by atoms with Crippen LogP contribution in [0.4, 0.5) is 5.69 Å². The molecule has 0 amide bonds. The molecule has 1 heterocycles. The van der Waals surface area contributed by atoms with Gasteiger partial charge in [0.1, 0.15) is 0 Å². The molecule has 1 aromatic carbocycles. The van der Waals surface area contributed by atoms with Crippen molar-refractivity contribution in [3.63, 3.8) is 0 Å². The van der Waals surface area contributed by atoms with Crippen molar-refractivity contribution in [2.45, 2.75) is 19.8 Å². The van der Waals surface area contributed by atoms with E-state index in [1.54, 1.807) is 0 Å². The molecule has 0 atom stereocenters. The molecular formula is C12H14N2. The Balaban J connectivity index is 2.70. The van der Waals surface area contributed by atoms with Crippen molar-refractivity contribution in [1.82, 2.24) is 4.98 Å². The Hall–Kier alpha value is -1.57. The minimum Gasteiger partial charge on any atom is -0.398 e. The first kappa shape index (κ1) is 9.00. The normalized spacial score (nSPS) is 11.1. The van der Waals surface area contributed by atoms with E-state index in [4.69, 9.17) is 5.73 Å². The van der Waals surface area contributed by atoms with E-state index in [-0.39, 0.29) is 0 Å². The maximum Gasteiger partial charge on any atom is 0.0436 e. The van der Waals surface area contributed by atoms with E-state index in [2.05, 4.69) is 24.9 Å². The highest BCUT2D eigenvalue weighted by Gasteiger charge is 2.03. The fourth-order valence-corrected chi connectivity index (χ4v) is 1.53. The molecule has 0 fully saturated rings. The number of nitrogens with two attached hydrogens (primary N) is 1. The van der Waals surface area contributed by atoms with E-state index in [0.29, 0.717) is 5.92 Å². The molecule has 0 saturated heterocycles. The Morgan fingerprint density at radius 3 is 2.79 bits per heavy atom. The van der Waals surface area contributed by atoms with Crippen molar-refractivity contribution in [2.24, 2.45) is 0 Å². The van der Waals surface area contributed by atoms with Crippen LogP contribution in [0.1, 0.15) is 25.5 Å². The van der Waals surface area contributed by atoms with Gasteiger partial charge in [0.15, 0.2) is 0 Å². The number of rotatable bonds is 1. The van der Waals surface area contributed by atoms with Crippen LogP contribution in [0.25, 0.3) is 10.8 Å². The number of aromatic nitrogens is 1. The smallest absolute Gasteiger partial charge is 0.0436 e. The Labute approximate surface area is 83.8 Å². The molecule has 14 heavy (non-hydrogen) atoms. The lowest BCUT2D eigenvalue weighted by Gasteiger charge is -2.07. The quantitative estimate of drug-likeness (QED) is 0.695. The molecule has 0 spiro atoms. The van der Waals surface area contributed by atoms with Gasteiger partial charge in [-0.25, -0.2) is 0 Å². The standard InChI is InChI=1S/C12H14N2/c1-8(2)12-6-10-9(7-14-12)4-3-5-11(10)13/h3-8H,13H2,1-2H3. The van der Waals surface area contributed by atoms with E-state index in [9.17, 15) is 0 Å². The molecule has 1 aromatic heterocycles. The molecule has 2 N–H and O–H groups in total. The van der Waals surface area contributed by atoms with Crippen LogP contribution in [0.2, 0.25) is 0 Å². The average Bonchev–Trinajstić information content (AvgIpc) is 2.18. The predicted molar refractivity (Wildman–Crippen MR) is 60.2 cm³/mol. The van der Waals surface area contributed by atoms with Gasteiger partial charge in [-0.3, -0.25) is 4.98 Å². The summed E-state index contributed by atoms with van der Waals surface area (Å²) in [5.74, 6) is 0.444. The highest BCUT2D eigenvalue weighted by Crippen LogP contribution is 2.23. The van der Waals surface area contributed by atoms with Crippen LogP contribution in [-0.4, -0.2) is 4.98 Å². The largest absolute Gasteiger partial charge is 0.398 e. The Morgan fingerprint density at radius 2 is 2.07 bits per heavy atom. The number of fused-ring (bicyclic) bond motifs is 1. The van der Waals surface area contributed by atoms with Crippen molar-refractivity contribution in [3.05, 3.63) is 36.2 Å². The lowest BCUT2D eigenvalue weighted by molar-refractivity contribution is 0.826. The molecule has 0 aliphatic carbocycles. The third-order valence-corrected chi connectivity index (χ3v) is 2.41. The van der Waals surface area contributed by atoms with Gasteiger partial charge in [0.25, 0.3) is 0 Å². The van der Waals surface area contributed by atoms with Gasteiger partial charge in [0, 0.05) is 28.4 Å². The molecule has 2 aromatic rings. The number of pyridine rings is 1. The molecular weight excluding hydrogens is 172 g/mol. The third-order valence-electron chi connectivity index (χ3n) is 2.41. The first-order chi connectivity index (χ1) is 6.68. The maximum absolute atomic E-state index is 5.90. The van der Waals surface area contributed by atoms with Gasteiger partial charge >= 0.3 is 0 Å². The maximum atomic E-state index is 5.90. The summed E-state index contributed by atoms with van der Waals surface area (Å²) in [6.07, 6.45) is 1.89. The number of hydrogen-bond acceptors (Lipinski definition) is 2. The predicted octanol–water partition coefficient (Wildman–Crippen LogP) is 2.94. The molecule has 0 unspecified atom stereocenters. The number of hydrogen-bond donors (Lipinski definition) is 1. The number of nitrogens with zero attached hydrogens (tertiary/aromatic N) is 1. The van der Waals surface area contributed by atoms with Crippen LogP contribution in [0.3, 0.4) is 0 Å². The summed E-state index contributed by atoms with van der Waals surface area (Å²) < 4.78 is 0. The number of nitrogen functional groups attached to an aromatic ring is 1. The topological polar surface area (TPSA) is 38.9 Å². The summed E-state index contributed by atoms with van der Waals surface area (Å²) in [5, 5.41) is 2.21. The lowest BCUT2D eigenvalue weighted by atomic mass is 10.1. The Bertz CT molecular complexity index is 461. The fourth-order valence-electron chi connectivity index (χ4n) is 1.53. The van der Waals surface area contributed by atoms with E-state index < -0.39 is 0 Å². The van der Waals surface area contributed by atoms with E-state index in [1.165, 1.54) is 0 Å². The molecule has 0 saturated carbocycles. The summed E-state index contributed by atoms with van der Waals surface area (Å²) in [5.41, 5.74) is 7.82. The Morgan fingerprint density at radius 1 is 1.29 bits per heavy atom. The first-order valence-electron chi connectivity index (χ1n) is 4.82. The van der Waals surface area contributed by atoms with Gasteiger partial charge in [-0.15, -0.1) is 0 Å². The molecule has 2 nitrogen and oxygen atoms in total. The monoisotopic (exact) mass is 186 g/mol. The molecule has 0 aliphatic rings. The van der Waals surface area contributed by atoms with Crippen molar-refractivity contribution < 1.29 is 0 Å². The highest BCUT2D eigenvalue weighted by molar-refractivity contribution is 5.92. The summed E-state index contributed by atoms with van der Waals surface area (Å²) in [6.45, 7) is 4.26. The summed E-state index contributed by atoms with van der Waals surface area (Å²) in [7, 11) is 0. The fraction of sp³-hybridized carbons (Fsp3) is 0.250. The average molecular weight is 186 g/mol. The van der Waals surface area contributed by atoms with Crippen LogP contribution in [-0.2, 0) is 0 Å². The van der Waals surface area contributed by atoms with E-state index >= 15 is 0 Å². The van der Waals surface area contributed by atoms with Gasteiger partial charge in [-0.2, -0.15) is 0 Å². The molecule has 2 rings (SSSR count).